The lowest BCUT2D eigenvalue weighted by molar-refractivity contribution is 0.623. The van der Waals surface area contributed by atoms with Gasteiger partial charge in [-0.3, -0.25) is 0 Å². The first kappa shape index (κ1) is 12.2. The summed E-state index contributed by atoms with van der Waals surface area (Å²) in [5.41, 5.74) is 3.19. The van der Waals surface area contributed by atoms with E-state index in [1.807, 2.05) is 43.5 Å². The van der Waals surface area contributed by atoms with Crippen LogP contribution in [0, 0.1) is 12.7 Å². The van der Waals surface area contributed by atoms with Crippen molar-refractivity contribution in [3.8, 4) is 0 Å². The van der Waals surface area contributed by atoms with Gasteiger partial charge < -0.3 is 4.57 Å². The number of halogens is 2. The van der Waals surface area contributed by atoms with Gasteiger partial charge in [0.05, 0.1) is 0 Å². The minimum atomic E-state index is -0.194. The molecule has 0 fully saturated rings. The predicted octanol–water partition coefficient (Wildman–Crippen LogP) is 4.79. The molecule has 0 bridgehead atoms. The summed E-state index contributed by atoms with van der Waals surface area (Å²) in [5.74, 6) is -0.194. The van der Waals surface area contributed by atoms with E-state index in [0.717, 1.165) is 27.1 Å². The fraction of sp³-hybridized carbons (Fsp3) is 0.125. The van der Waals surface area contributed by atoms with E-state index in [1.165, 1.54) is 6.07 Å². The Balaban J connectivity index is 2.03. The highest BCUT2D eigenvalue weighted by molar-refractivity contribution is 6.31. The van der Waals surface area contributed by atoms with Crippen LogP contribution in [0.3, 0.4) is 0 Å². The second-order valence-electron chi connectivity index (χ2n) is 4.72. The number of hydrogen-bond donors (Lipinski definition) is 0. The number of rotatable bonds is 2. The molecule has 0 saturated heterocycles. The second-order valence-corrected chi connectivity index (χ2v) is 5.15. The highest BCUT2D eigenvalue weighted by atomic mass is 35.5. The van der Waals surface area contributed by atoms with Crippen LogP contribution in [0.1, 0.15) is 11.1 Å². The van der Waals surface area contributed by atoms with Crippen LogP contribution in [-0.4, -0.2) is 4.57 Å². The third kappa shape index (κ3) is 2.36. The Morgan fingerprint density at radius 2 is 1.95 bits per heavy atom. The van der Waals surface area contributed by atoms with Gasteiger partial charge in [-0.15, -0.1) is 0 Å². The van der Waals surface area contributed by atoms with E-state index in [-0.39, 0.29) is 5.82 Å². The van der Waals surface area contributed by atoms with Crippen molar-refractivity contribution >= 4 is 22.5 Å². The van der Waals surface area contributed by atoms with Crippen LogP contribution in [0.25, 0.3) is 10.9 Å². The number of benzene rings is 2. The van der Waals surface area contributed by atoms with Gasteiger partial charge in [0.2, 0.25) is 0 Å². The van der Waals surface area contributed by atoms with Gasteiger partial charge in [-0.25, -0.2) is 4.39 Å². The van der Waals surface area contributed by atoms with Crippen LogP contribution in [0.2, 0.25) is 5.02 Å². The van der Waals surface area contributed by atoms with Crippen molar-refractivity contribution in [2.24, 2.45) is 0 Å². The largest absolute Gasteiger partial charge is 0.343 e. The van der Waals surface area contributed by atoms with Crippen molar-refractivity contribution in [3.63, 3.8) is 0 Å². The molecule has 1 aromatic heterocycles. The lowest BCUT2D eigenvalue weighted by Crippen LogP contribution is -2.00. The molecule has 3 rings (SSSR count). The van der Waals surface area contributed by atoms with E-state index >= 15 is 0 Å². The molecule has 1 nitrogen and oxygen atoms in total. The third-order valence-corrected chi connectivity index (χ3v) is 3.62. The molecule has 0 aliphatic rings. The Labute approximate surface area is 116 Å². The van der Waals surface area contributed by atoms with Crippen LogP contribution in [0.15, 0.2) is 48.7 Å². The van der Waals surface area contributed by atoms with Gasteiger partial charge >= 0.3 is 0 Å². The molecule has 19 heavy (non-hydrogen) atoms. The number of aryl methyl sites for hydroxylation is 1. The van der Waals surface area contributed by atoms with Crippen LogP contribution in [0.5, 0.6) is 0 Å². The summed E-state index contributed by atoms with van der Waals surface area (Å²) in [4.78, 5) is 0. The molecule has 96 valence electrons. The first-order valence-electron chi connectivity index (χ1n) is 6.13. The first-order chi connectivity index (χ1) is 9.13. The Morgan fingerprint density at radius 3 is 2.79 bits per heavy atom. The zero-order valence-corrected chi connectivity index (χ0v) is 11.3. The lowest BCUT2D eigenvalue weighted by Gasteiger charge is -2.09. The number of nitrogens with zero attached hydrogens (tertiary/aromatic N) is 1. The van der Waals surface area contributed by atoms with E-state index in [4.69, 9.17) is 11.6 Å². The highest BCUT2D eigenvalue weighted by Gasteiger charge is 2.05. The molecule has 0 atom stereocenters. The Hall–Kier alpha value is -1.80. The molecule has 0 aliphatic heterocycles. The summed E-state index contributed by atoms with van der Waals surface area (Å²) in [6.45, 7) is 2.66. The number of aromatic nitrogens is 1. The monoisotopic (exact) mass is 273 g/mol. The van der Waals surface area contributed by atoms with Crippen LogP contribution in [-0.2, 0) is 6.54 Å². The Bertz CT molecular complexity index is 746. The van der Waals surface area contributed by atoms with Gasteiger partial charge in [-0.05, 0) is 54.4 Å². The van der Waals surface area contributed by atoms with Crippen molar-refractivity contribution in [1.82, 2.24) is 4.57 Å². The summed E-state index contributed by atoms with van der Waals surface area (Å²) < 4.78 is 15.4. The van der Waals surface area contributed by atoms with Crippen LogP contribution >= 0.6 is 11.6 Å². The molecule has 1 heterocycles. The zero-order valence-electron chi connectivity index (χ0n) is 10.5. The van der Waals surface area contributed by atoms with Crippen molar-refractivity contribution < 1.29 is 4.39 Å². The molecule has 3 aromatic rings. The molecule has 0 unspecified atom stereocenters. The van der Waals surface area contributed by atoms with Gasteiger partial charge in [0.15, 0.2) is 0 Å². The van der Waals surface area contributed by atoms with Gasteiger partial charge in [0, 0.05) is 28.7 Å². The molecule has 0 radical (unpaired) electrons. The maximum Gasteiger partial charge on any atom is 0.123 e. The van der Waals surface area contributed by atoms with Crippen molar-refractivity contribution in [1.29, 1.82) is 0 Å². The fourth-order valence-corrected chi connectivity index (χ4v) is 2.48. The Kier molecular flexibility index (Phi) is 3.03. The summed E-state index contributed by atoms with van der Waals surface area (Å²) in [6, 6.07) is 12.7. The lowest BCUT2D eigenvalue weighted by atomic mass is 10.1. The highest BCUT2D eigenvalue weighted by Crippen LogP contribution is 2.22. The Morgan fingerprint density at radius 1 is 1.11 bits per heavy atom. The SMILES string of the molecule is Cc1ccc(F)cc1Cn1ccc2cc(Cl)ccc21. The smallest absolute Gasteiger partial charge is 0.123 e. The second kappa shape index (κ2) is 4.71. The van der Waals surface area contributed by atoms with Crippen molar-refractivity contribution in [3.05, 3.63) is 70.6 Å². The zero-order chi connectivity index (χ0) is 13.4. The topological polar surface area (TPSA) is 4.93 Å². The summed E-state index contributed by atoms with van der Waals surface area (Å²) in [5, 5.41) is 1.83. The predicted molar refractivity (Wildman–Crippen MR) is 77.2 cm³/mol. The third-order valence-electron chi connectivity index (χ3n) is 3.38. The quantitative estimate of drug-likeness (QED) is 0.633. The number of fused-ring (bicyclic) bond motifs is 1. The molecule has 0 saturated carbocycles. The molecule has 0 aliphatic carbocycles. The van der Waals surface area contributed by atoms with E-state index < -0.39 is 0 Å². The summed E-state index contributed by atoms with van der Waals surface area (Å²) in [7, 11) is 0. The minimum absolute atomic E-state index is 0.194. The van der Waals surface area contributed by atoms with Gasteiger partial charge in [0.1, 0.15) is 5.82 Å². The first-order valence-corrected chi connectivity index (χ1v) is 6.51. The molecular formula is C16H13ClFN. The van der Waals surface area contributed by atoms with Crippen LogP contribution in [0.4, 0.5) is 4.39 Å². The maximum absolute atomic E-state index is 13.3. The van der Waals surface area contributed by atoms with Gasteiger partial charge in [0.25, 0.3) is 0 Å². The molecule has 0 N–H and O–H groups in total. The molecular weight excluding hydrogens is 261 g/mol. The minimum Gasteiger partial charge on any atom is -0.343 e. The van der Waals surface area contributed by atoms with E-state index in [9.17, 15) is 4.39 Å². The van der Waals surface area contributed by atoms with Gasteiger partial charge in [-0.2, -0.15) is 0 Å². The van der Waals surface area contributed by atoms with Crippen LogP contribution < -0.4 is 0 Å². The average Bonchev–Trinajstić information content (AvgIpc) is 2.76. The molecule has 3 heteroatoms. The van der Waals surface area contributed by atoms with E-state index in [1.54, 1.807) is 6.07 Å². The summed E-state index contributed by atoms with van der Waals surface area (Å²) in [6.07, 6.45) is 2.01. The molecule has 2 aromatic carbocycles. The fourth-order valence-electron chi connectivity index (χ4n) is 2.30. The summed E-state index contributed by atoms with van der Waals surface area (Å²) >= 11 is 5.98. The maximum atomic E-state index is 13.3. The van der Waals surface area contributed by atoms with E-state index in [0.29, 0.717) is 6.54 Å². The molecule has 0 amide bonds. The van der Waals surface area contributed by atoms with Crippen molar-refractivity contribution in [2.45, 2.75) is 13.5 Å². The number of hydrogen-bond acceptors (Lipinski definition) is 0. The van der Waals surface area contributed by atoms with E-state index in [2.05, 4.69) is 4.57 Å². The van der Waals surface area contributed by atoms with Gasteiger partial charge in [-0.1, -0.05) is 17.7 Å². The molecule has 0 spiro atoms. The van der Waals surface area contributed by atoms with Crippen molar-refractivity contribution in [2.75, 3.05) is 0 Å². The standard InChI is InChI=1S/C16H13ClFN/c1-11-2-4-15(18)9-13(11)10-19-7-6-12-8-14(17)3-5-16(12)19/h2-9H,10H2,1H3. The normalized spacial score (nSPS) is 11.1. The average molecular weight is 274 g/mol.